The van der Waals surface area contributed by atoms with Gasteiger partial charge < -0.3 is 14.7 Å². The fraction of sp³-hybridized carbons (Fsp3) is 0.650. The Morgan fingerprint density at radius 2 is 2.00 bits per heavy atom. The van der Waals surface area contributed by atoms with Crippen LogP contribution in [0.2, 0.25) is 0 Å². The highest BCUT2D eigenvalue weighted by atomic mass is 19.3. The Bertz CT molecular complexity index is 646. The van der Waals surface area contributed by atoms with Gasteiger partial charge in [0.05, 0.1) is 12.7 Å². The van der Waals surface area contributed by atoms with Gasteiger partial charge in [0, 0.05) is 24.6 Å². The number of nitrogens with zero attached hydrogens (tertiary/aromatic N) is 1. The Hall–Kier alpha value is -1.69. The Kier molecular flexibility index (Phi) is 5.51. The minimum Gasteiger partial charge on any atom is -0.496 e. The van der Waals surface area contributed by atoms with Crippen molar-refractivity contribution in [1.29, 1.82) is 0 Å². The molecule has 6 heteroatoms. The van der Waals surface area contributed by atoms with Crippen molar-refractivity contribution in [3.05, 3.63) is 29.3 Å². The Morgan fingerprint density at radius 1 is 1.35 bits per heavy atom. The quantitative estimate of drug-likeness (QED) is 0.866. The molecule has 0 unspecified atom stereocenters. The van der Waals surface area contributed by atoms with E-state index in [1.165, 1.54) is 19.2 Å². The highest BCUT2D eigenvalue weighted by molar-refractivity contribution is 5.80. The van der Waals surface area contributed by atoms with Gasteiger partial charge in [0.1, 0.15) is 5.75 Å². The second-order valence-corrected chi connectivity index (χ2v) is 7.95. The largest absolute Gasteiger partial charge is 0.496 e. The molecule has 0 aromatic heterocycles. The molecule has 1 aliphatic carbocycles. The van der Waals surface area contributed by atoms with Crippen molar-refractivity contribution in [2.45, 2.75) is 51.1 Å². The van der Waals surface area contributed by atoms with Crippen LogP contribution >= 0.6 is 0 Å². The summed E-state index contributed by atoms with van der Waals surface area (Å²) in [5.41, 5.74) is 0.235. The number of methoxy groups -OCH3 is 1. The summed E-state index contributed by atoms with van der Waals surface area (Å²) < 4.78 is 31.0. The van der Waals surface area contributed by atoms with Crippen LogP contribution in [0.15, 0.2) is 18.2 Å². The van der Waals surface area contributed by atoms with E-state index in [1.54, 1.807) is 13.0 Å². The third kappa shape index (κ3) is 4.17. The van der Waals surface area contributed by atoms with Gasteiger partial charge in [-0.15, -0.1) is 0 Å². The summed E-state index contributed by atoms with van der Waals surface area (Å²) in [6.07, 6.45) is 1.18. The third-order valence-corrected chi connectivity index (χ3v) is 5.72. The summed E-state index contributed by atoms with van der Waals surface area (Å²) in [5, 5.41) is 9.81. The fourth-order valence-electron chi connectivity index (χ4n) is 4.17. The van der Waals surface area contributed by atoms with E-state index in [0.717, 1.165) is 37.9 Å². The summed E-state index contributed by atoms with van der Waals surface area (Å²) in [4.78, 5) is 14.4. The van der Waals surface area contributed by atoms with Gasteiger partial charge in [-0.2, -0.15) is 0 Å². The standard InChI is InChI=1S/C20H27F2NO3/c1-20(25)11-16(12-20)19(24)23-7-5-13(6-8-23)9-14-3-4-15(18(21)22)10-17(14)26-2/h3-4,10,13,16,18,25H,5-9,11-12H2,1-2H3/t16-,20+. The maximum absolute atomic E-state index is 12.8. The van der Waals surface area contributed by atoms with E-state index in [1.807, 2.05) is 4.90 Å². The number of halogens is 2. The van der Waals surface area contributed by atoms with Crippen molar-refractivity contribution in [1.82, 2.24) is 4.90 Å². The van der Waals surface area contributed by atoms with Gasteiger partial charge in [0.15, 0.2) is 0 Å². The summed E-state index contributed by atoms with van der Waals surface area (Å²) in [7, 11) is 1.50. The van der Waals surface area contributed by atoms with Crippen LogP contribution in [0.3, 0.4) is 0 Å². The summed E-state index contributed by atoms with van der Waals surface area (Å²) >= 11 is 0. The van der Waals surface area contributed by atoms with Crippen LogP contribution in [0.4, 0.5) is 8.78 Å². The number of carbonyl (C=O) groups excluding carboxylic acids is 1. The van der Waals surface area contributed by atoms with E-state index >= 15 is 0 Å². The van der Waals surface area contributed by atoms with Gasteiger partial charge in [-0.05, 0) is 56.6 Å². The Labute approximate surface area is 153 Å². The molecule has 144 valence electrons. The number of likely N-dealkylation sites (tertiary alicyclic amines) is 1. The number of aliphatic hydroxyl groups is 1. The topological polar surface area (TPSA) is 49.8 Å². The third-order valence-electron chi connectivity index (χ3n) is 5.72. The van der Waals surface area contributed by atoms with Gasteiger partial charge in [-0.1, -0.05) is 12.1 Å². The lowest BCUT2D eigenvalue weighted by molar-refractivity contribution is -0.151. The van der Waals surface area contributed by atoms with Crippen LogP contribution in [0.5, 0.6) is 5.75 Å². The monoisotopic (exact) mass is 367 g/mol. The van der Waals surface area contributed by atoms with Crippen molar-refractivity contribution in [3.8, 4) is 5.75 Å². The molecule has 0 spiro atoms. The van der Waals surface area contributed by atoms with Gasteiger partial charge in [0.2, 0.25) is 5.91 Å². The minimum atomic E-state index is -2.50. The average Bonchev–Trinajstić information content (AvgIpc) is 2.59. The molecule has 1 saturated carbocycles. The molecular formula is C20H27F2NO3. The zero-order valence-corrected chi connectivity index (χ0v) is 15.4. The van der Waals surface area contributed by atoms with Crippen molar-refractivity contribution < 1.29 is 23.4 Å². The SMILES string of the molecule is COc1cc(C(F)F)ccc1CC1CCN(C(=O)[C@H]2C[C@@](C)(O)C2)CC1. The number of ether oxygens (including phenoxy) is 1. The number of rotatable bonds is 5. The van der Waals surface area contributed by atoms with Gasteiger partial charge >= 0.3 is 0 Å². The molecule has 2 fully saturated rings. The van der Waals surface area contributed by atoms with E-state index in [9.17, 15) is 18.7 Å². The first-order valence-electron chi connectivity index (χ1n) is 9.25. The van der Waals surface area contributed by atoms with E-state index in [0.29, 0.717) is 24.5 Å². The number of hydrogen-bond acceptors (Lipinski definition) is 3. The maximum atomic E-state index is 12.8. The molecule has 2 aliphatic rings. The molecule has 1 aliphatic heterocycles. The van der Waals surface area contributed by atoms with Crippen molar-refractivity contribution >= 4 is 5.91 Å². The second-order valence-electron chi connectivity index (χ2n) is 7.95. The van der Waals surface area contributed by atoms with Gasteiger partial charge in [-0.25, -0.2) is 8.78 Å². The normalized spacial score (nSPS) is 26.7. The molecule has 1 saturated heterocycles. The van der Waals surface area contributed by atoms with Crippen LogP contribution < -0.4 is 4.74 Å². The molecule has 0 bridgehead atoms. The van der Waals surface area contributed by atoms with E-state index in [2.05, 4.69) is 0 Å². The van der Waals surface area contributed by atoms with Crippen molar-refractivity contribution in [2.24, 2.45) is 11.8 Å². The molecular weight excluding hydrogens is 340 g/mol. The Balaban J connectivity index is 1.53. The molecule has 0 radical (unpaired) electrons. The van der Waals surface area contributed by atoms with Crippen molar-refractivity contribution in [3.63, 3.8) is 0 Å². The summed E-state index contributed by atoms with van der Waals surface area (Å²) in [6, 6.07) is 4.61. The highest BCUT2D eigenvalue weighted by Crippen LogP contribution is 2.39. The van der Waals surface area contributed by atoms with Crippen LogP contribution in [-0.4, -0.2) is 41.7 Å². The first-order chi connectivity index (χ1) is 12.3. The van der Waals surface area contributed by atoms with Crippen LogP contribution in [0, 0.1) is 11.8 Å². The zero-order chi connectivity index (χ0) is 18.9. The molecule has 1 aromatic rings. The predicted molar refractivity (Wildman–Crippen MR) is 94.3 cm³/mol. The van der Waals surface area contributed by atoms with E-state index in [4.69, 9.17) is 4.74 Å². The average molecular weight is 367 g/mol. The fourth-order valence-corrected chi connectivity index (χ4v) is 4.17. The molecule has 1 heterocycles. The molecule has 1 N–H and O–H groups in total. The first-order valence-corrected chi connectivity index (χ1v) is 9.25. The van der Waals surface area contributed by atoms with Gasteiger partial charge in [0.25, 0.3) is 6.43 Å². The lowest BCUT2D eigenvalue weighted by Gasteiger charge is -2.43. The molecule has 4 nitrogen and oxygen atoms in total. The number of benzene rings is 1. The molecule has 0 atom stereocenters. The smallest absolute Gasteiger partial charge is 0.263 e. The van der Waals surface area contributed by atoms with Crippen LogP contribution in [0.25, 0.3) is 0 Å². The number of amides is 1. The number of piperidine rings is 1. The predicted octanol–water partition coefficient (Wildman–Crippen LogP) is 3.57. The summed E-state index contributed by atoms with van der Waals surface area (Å²) in [5.74, 6) is 1.05. The van der Waals surface area contributed by atoms with Crippen LogP contribution in [-0.2, 0) is 11.2 Å². The first kappa shape index (κ1) is 19.1. The minimum absolute atomic E-state index is 0.0256. The van der Waals surface area contributed by atoms with Gasteiger partial charge in [-0.3, -0.25) is 4.79 Å². The van der Waals surface area contributed by atoms with E-state index < -0.39 is 12.0 Å². The molecule has 26 heavy (non-hydrogen) atoms. The lowest BCUT2D eigenvalue weighted by Crippen LogP contribution is -2.51. The number of carbonyl (C=O) groups is 1. The maximum Gasteiger partial charge on any atom is 0.263 e. The zero-order valence-electron chi connectivity index (χ0n) is 15.4. The van der Waals surface area contributed by atoms with E-state index in [-0.39, 0.29) is 17.4 Å². The highest BCUT2D eigenvalue weighted by Gasteiger charge is 2.44. The van der Waals surface area contributed by atoms with Crippen molar-refractivity contribution in [2.75, 3.05) is 20.2 Å². The number of alkyl halides is 2. The lowest BCUT2D eigenvalue weighted by atomic mass is 9.71. The summed E-state index contributed by atoms with van der Waals surface area (Å²) in [6.45, 7) is 3.22. The second kappa shape index (κ2) is 7.51. The molecule has 3 rings (SSSR count). The molecule has 1 amide bonds. The number of hydrogen-bond donors (Lipinski definition) is 1. The Morgan fingerprint density at radius 3 is 2.54 bits per heavy atom. The van der Waals surface area contributed by atoms with Crippen LogP contribution in [0.1, 0.15) is 50.2 Å². The molecule has 1 aromatic carbocycles.